The van der Waals surface area contributed by atoms with E-state index in [2.05, 4.69) is 22.4 Å². The van der Waals surface area contributed by atoms with E-state index in [9.17, 15) is 4.79 Å². The van der Waals surface area contributed by atoms with Gasteiger partial charge >= 0.3 is 0 Å². The first-order valence-electron chi connectivity index (χ1n) is 11.5. The van der Waals surface area contributed by atoms with Crippen LogP contribution < -0.4 is 4.74 Å². The average Bonchev–Trinajstić information content (AvgIpc) is 3.34. The van der Waals surface area contributed by atoms with Crippen molar-refractivity contribution in [1.82, 2.24) is 15.0 Å². The Hall–Kier alpha value is -3.96. The maximum absolute atomic E-state index is 14.3. The van der Waals surface area contributed by atoms with Crippen molar-refractivity contribution in [2.75, 3.05) is 0 Å². The molecule has 0 spiro atoms. The largest absolute Gasteiger partial charge is 0.458 e. The van der Waals surface area contributed by atoms with Crippen LogP contribution in [-0.4, -0.2) is 20.8 Å². The smallest absolute Gasteiger partial charge is 0.267 e. The Balaban J connectivity index is 1.63. The van der Waals surface area contributed by atoms with Crippen LogP contribution in [0.15, 0.2) is 109 Å². The Labute approximate surface area is 208 Å². The highest BCUT2D eigenvalue weighted by Gasteiger charge is 2.45. The van der Waals surface area contributed by atoms with Crippen molar-refractivity contribution in [2.24, 2.45) is 0 Å². The third kappa shape index (κ3) is 4.81. The third-order valence-corrected chi connectivity index (χ3v) is 6.26. The molecule has 5 rings (SSSR count). The standard InChI is InChI=1S/C29H24ClN3O2/c30-24-19-17-23(18-20-24)28(34)29(35-25-13-5-2-6-14-25,21-9-12-22-10-3-1-4-11-22)33-27-16-8-7-15-26(27)31-32-33/h1-8,10-11,13-20H,9,12,21H2. The molecule has 0 bridgehead atoms. The van der Waals surface area contributed by atoms with Crippen LogP contribution in [0.25, 0.3) is 11.0 Å². The van der Waals surface area contributed by atoms with Gasteiger partial charge in [0.05, 0.1) is 5.52 Å². The molecule has 0 aliphatic rings. The predicted molar refractivity (Wildman–Crippen MR) is 138 cm³/mol. The molecule has 0 fully saturated rings. The van der Waals surface area contributed by atoms with Crippen molar-refractivity contribution < 1.29 is 9.53 Å². The lowest BCUT2D eigenvalue weighted by molar-refractivity contribution is -0.00923. The molecule has 1 atom stereocenters. The van der Waals surface area contributed by atoms with E-state index < -0.39 is 5.72 Å². The minimum Gasteiger partial charge on any atom is -0.458 e. The van der Waals surface area contributed by atoms with E-state index >= 15 is 0 Å². The molecule has 1 aromatic heterocycles. The molecule has 0 aliphatic carbocycles. The fourth-order valence-electron chi connectivity index (χ4n) is 4.28. The summed E-state index contributed by atoms with van der Waals surface area (Å²) in [5, 5.41) is 9.35. The summed E-state index contributed by atoms with van der Waals surface area (Å²) < 4.78 is 8.25. The van der Waals surface area contributed by atoms with Crippen molar-refractivity contribution in [3.8, 4) is 5.75 Å². The van der Waals surface area contributed by atoms with Crippen LogP contribution in [-0.2, 0) is 12.1 Å². The minimum absolute atomic E-state index is 0.207. The number of para-hydroxylation sites is 2. The number of halogens is 1. The summed E-state index contributed by atoms with van der Waals surface area (Å²) in [6.07, 6.45) is 1.89. The molecule has 5 nitrogen and oxygen atoms in total. The summed E-state index contributed by atoms with van der Waals surface area (Å²) in [6.45, 7) is 0. The molecule has 0 aliphatic heterocycles. The Morgan fingerprint density at radius 3 is 2.23 bits per heavy atom. The molecule has 4 aromatic carbocycles. The zero-order valence-electron chi connectivity index (χ0n) is 19.0. The van der Waals surface area contributed by atoms with Crippen LogP contribution in [0.3, 0.4) is 0 Å². The van der Waals surface area contributed by atoms with Gasteiger partial charge in [-0.2, -0.15) is 4.68 Å². The van der Waals surface area contributed by atoms with Crippen molar-refractivity contribution in [2.45, 2.75) is 25.0 Å². The number of ketones is 1. The van der Waals surface area contributed by atoms with Crippen molar-refractivity contribution in [1.29, 1.82) is 0 Å². The topological polar surface area (TPSA) is 57.0 Å². The van der Waals surface area contributed by atoms with Gasteiger partial charge in [-0.1, -0.05) is 77.5 Å². The molecule has 0 radical (unpaired) electrons. The highest BCUT2D eigenvalue weighted by molar-refractivity contribution is 6.30. The first kappa shape index (κ1) is 22.8. The summed E-state index contributed by atoms with van der Waals surface area (Å²) in [4.78, 5) is 14.3. The summed E-state index contributed by atoms with van der Waals surface area (Å²) in [5.41, 5.74) is 1.67. The van der Waals surface area contributed by atoms with Gasteiger partial charge < -0.3 is 4.74 Å². The van der Waals surface area contributed by atoms with Gasteiger partial charge in [0.25, 0.3) is 5.72 Å². The average molecular weight is 482 g/mol. The van der Waals surface area contributed by atoms with Crippen LogP contribution in [0.2, 0.25) is 5.02 Å². The second-order valence-corrected chi connectivity index (χ2v) is 8.80. The summed E-state index contributed by atoms with van der Waals surface area (Å²) in [5.74, 6) is 0.371. The van der Waals surface area contributed by atoms with E-state index in [4.69, 9.17) is 16.3 Å². The minimum atomic E-state index is -1.44. The van der Waals surface area contributed by atoms with Crippen molar-refractivity contribution in [3.63, 3.8) is 0 Å². The number of hydrogen-bond acceptors (Lipinski definition) is 4. The van der Waals surface area contributed by atoms with Gasteiger partial charge in [-0.25, -0.2) is 0 Å². The number of ether oxygens (including phenoxy) is 1. The lowest BCUT2D eigenvalue weighted by Gasteiger charge is -2.33. The number of aromatic nitrogens is 3. The van der Waals surface area contributed by atoms with E-state index in [-0.39, 0.29) is 5.78 Å². The fourth-order valence-corrected chi connectivity index (χ4v) is 4.41. The molecule has 0 saturated heterocycles. The van der Waals surface area contributed by atoms with E-state index in [0.717, 1.165) is 11.9 Å². The van der Waals surface area contributed by atoms with E-state index in [1.807, 2.05) is 72.8 Å². The Kier molecular flexibility index (Phi) is 6.59. The van der Waals surface area contributed by atoms with Crippen molar-refractivity contribution in [3.05, 3.63) is 125 Å². The molecule has 1 heterocycles. The Morgan fingerprint density at radius 2 is 1.49 bits per heavy atom. The highest BCUT2D eigenvalue weighted by Crippen LogP contribution is 2.34. The molecular formula is C29H24ClN3O2. The molecule has 35 heavy (non-hydrogen) atoms. The van der Waals surface area contributed by atoms with Crippen LogP contribution in [0.1, 0.15) is 28.8 Å². The highest BCUT2D eigenvalue weighted by atomic mass is 35.5. The van der Waals surface area contributed by atoms with Gasteiger partial charge in [-0.15, -0.1) is 5.10 Å². The summed E-state index contributed by atoms with van der Waals surface area (Å²) >= 11 is 6.12. The van der Waals surface area contributed by atoms with Gasteiger partial charge in [-0.3, -0.25) is 4.79 Å². The normalized spacial score (nSPS) is 12.8. The van der Waals surface area contributed by atoms with E-state index in [1.54, 1.807) is 28.9 Å². The quantitative estimate of drug-likeness (QED) is 0.219. The SMILES string of the molecule is O=C(c1ccc(Cl)cc1)C(CCCc1ccccc1)(Oc1ccccc1)n1nnc2ccccc21. The van der Waals surface area contributed by atoms with Crippen molar-refractivity contribution >= 4 is 28.4 Å². The first-order valence-corrected chi connectivity index (χ1v) is 11.9. The van der Waals surface area contributed by atoms with Crippen LogP contribution in [0.5, 0.6) is 5.75 Å². The molecule has 5 aromatic rings. The van der Waals surface area contributed by atoms with Gasteiger partial charge in [0.2, 0.25) is 5.78 Å². The zero-order valence-corrected chi connectivity index (χ0v) is 19.8. The van der Waals surface area contributed by atoms with Gasteiger partial charge in [0, 0.05) is 17.0 Å². The zero-order chi connectivity index (χ0) is 24.1. The second-order valence-electron chi connectivity index (χ2n) is 8.36. The fraction of sp³-hybridized carbons (Fsp3) is 0.138. The van der Waals surface area contributed by atoms with Gasteiger partial charge in [0.1, 0.15) is 11.3 Å². The number of aryl methyl sites for hydroxylation is 1. The maximum Gasteiger partial charge on any atom is 0.267 e. The number of fused-ring (bicyclic) bond motifs is 1. The Bertz CT molecular complexity index is 1420. The maximum atomic E-state index is 14.3. The van der Waals surface area contributed by atoms with Gasteiger partial charge in [0.15, 0.2) is 0 Å². The molecular weight excluding hydrogens is 458 g/mol. The number of carbonyl (C=O) groups is 1. The van der Waals surface area contributed by atoms with E-state index in [0.29, 0.717) is 34.7 Å². The van der Waals surface area contributed by atoms with Crippen LogP contribution in [0, 0.1) is 0 Å². The first-order chi connectivity index (χ1) is 17.2. The molecule has 6 heteroatoms. The summed E-state index contributed by atoms with van der Waals surface area (Å²) in [6, 6.07) is 34.1. The summed E-state index contributed by atoms with van der Waals surface area (Å²) in [7, 11) is 0. The molecule has 174 valence electrons. The monoisotopic (exact) mass is 481 g/mol. The number of rotatable bonds is 9. The van der Waals surface area contributed by atoms with Gasteiger partial charge in [-0.05, 0) is 66.9 Å². The lowest BCUT2D eigenvalue weighted by atomic mass is 9.93. The van der Waals surface area contributed by atoms with Crippen LogP contribution >= 0.6 is 11.6 Å². The molecule has 0 N–H and O–H groups in total. The van der Waals surface area contributed by atoms with E-state index in [1.165, 1.54) is 5.56 Å². The second kappa shape index (κ2) is 10.1. The number of Topliss-reactive ketones (excluding diaryl/α,β-unsaturated/α-hetero) is 1. The molecule has 0 amide bonds. The number of benzene rings is 4. The van der Waals surface area contributed by atoms with Crippen LogP contribution in [0.4, 0.5) is 0 Å². The molecule has 0 saturated carbocycles. The third-order valence-electron chi connectivity index (χ3n) is 6.01. The number of carbonyl (C=O) groups excluding carboxylic acids is 1. The number of hydrogen-bond donors (Lipinski definition) is 0. The number of nitrogens with zero attached hydrogens (tertiary/aromatic N) is 3. The predicted octanol–water partition coefficient (Wildman–Crippen LogP) is 6.72. The Morgan fingerprint density at radius 1 is 0.829 bits per heavy atom. The molecule has 1 unspecified atom stereocenters. The lowest BCUT2D eigenvalue weighted by Crippen LogP contribution is -2.48.